The van der Waals surface area contributed by atoms with Gasteiger partial charge in [-0.2, -0.15) is 0 Å². The summed E-state index contributed by atoms with van der Waals surface area (Å²) < 4.78 is 0. The van der Waals surface area contributed by atoms with Crippen LogP contribution in [-0.4, -0.2) is 11.6 Å². The quantitative estimate of drug-likeness (QED) is 0.566. The van der Waals surface area contributed by atoms with Crippen LogP contribution in [-0.2, 0) is 9.59 Å². The number of hydrogen-bond donors (Lipinski definition) is 0. The summed E-state index contributed by atoms with van der Waals surface area (Å²) in [7, 11) is 0. The molecule has 0 aromatic carbocycles. The number of rotatable bonds is 0. The van der Waals surface area contributed by atoms with Gasteiger partial charge in [0.05, 0.1) is 0 Å². The molecule has 14 heavy (non-hydrogen) atoms. The van der Waals surface area contributed by atoms with E-state index in [4.69, 9.17) is 0 Å². The Morgan fingerprint density at radius 2 is 0.929 bits per heavy atom. The molecule has 0 saturated heterocycles. The van der Waals surface area contributed by atoms with Gasteiger partial charge in [-0.15, -0.1) is 0 Å². The lowest BCUT2D eigenvalue weighted by molar-refractivity contribution is -0.128. The van der Waals surface area contributed by atoms with Gasteiger partial charge in [-0.3, -0.25) is 9.59 Å². The van der Waals surface area contributed by atoms with E-state index < -0.39 is 0 Å². The Bertz CT molecular complexity index is 321. The third-order valence-electron chi connectivity index (χ3n) is 6.11. The number of carbonyl (C=O) groups excluding carboxylic acids is 2. The minimum absolute atomic E-state index is 0.321. The zero-order valence-electron chi connectivity index (χ0n) is 7.85. The second-order valence-corrected chi connectivity index (χ2v) is 6.01. The van der Waals surface area contributed by atoms with E-state index in [0.29, 0.717) is 58.9 Å². The van der Waals surface area contributed by atoms with Gasteiger partial charge in [0, 0.05) is 23.7 Å². The highest BCUT2D eigenvalue weighted by Gasteiger charge is 2.79. The van der Waals surface area contributed by atoms with E-state index in [1.807, 2.05) is 0 Å². The minimum Gasteiger partial charge on any atom is -0.299 e. The van der Waals surface area contributed by atoms with Crippen LogP contribution in [0.3, 0.4) is 0 Å². The molecule has 0 aromatic heterocycles. The Hall–Kier alpha value is -0.660. The van der Waals surface area contributed by atoms with Gasteiger partial charge in [0.25, 0.3) is 0 Å². The van der Waals surface area contributed by atoms with E-state index in [9.17, 15) is 9.59 Å². The van der Waals surface area contributed by atoms with Crippen molar-refractivity contribution < 1.29 is 9.59 Å². The Kier molecular flexibility index (Phi) is 0.780. The summed E-state index contributed by atoms with van der Waals surface area (Å²) >= 11 is 0. The van der Waals surface area contributed by atoms with Crippen LogP contribution in [0.5, 0.6) is 0 Å². The largest absolute Gasteiger partial charge is 0.299 e. The molecule has 0 heterocycles. The highest BCUT2D eigenvalue weighted by atomic mass is 16.1. The third-order valence-corrected chi connectivity index (χ3v) is 6.11. The fourth-order valence-electron chi connectivity index (χ4n) is 5.98. The molecule has 2 nitrogen and oxygen atoms in total. The normalized spacial score (nSPS) is 70.6. The van der Waals surface area contributed by atoms with Crippen LogP contribution in [0.15, 0.2) is 0 Å². The molecule has 5 fully saturated rings. The van der Waals surface area contributed by atoms with Crippen LogP contribution in [0.2, 0.25) is 0 Å². The van der Waals surface area contributed by atoms with Gasteiger partial charge < -0.3 is 0 Å². The van der Waals surface area contributed by atoms with E-state index in [0.717, 1.165) is 12.8 Å². The van der Waals surface area contributed by atoms with Crippen molar-refractivity contribution in [2.75, 3.05) is 0 Å². The second-order valence-electron chi connectivity index (χ2n) is 6.01. The maximum atomic E-state index is 12.0. The summed E-state index contributed by atoms with van der Waals surface area (Å²) in [5, 5.41) is 0. The predicted octanol–water partition coefficient (Wildman–Crippen LogP) is 0.902. The minimum atomic E-state index is 0.321. The van der Waals surface area contributed by atoms with Crippen molar-refractivity contribution in [1.29, 1.82) is 0 Å². The topological polar surface area (TPSA) is 34.1 Å². The molecule has 0 spiro atoms. The molecule has 0 aromatic rings. The van der Waals surface area contributed by atoms with E-state index >= 15 is 0 Å². The first-order chi connectivity index (χ1) is 6.79. The first kappa shape index (κ1) is 6.76. The van der Waals surface area contributed by atoms with Crippen molar-refractivity contribution in [3.05, 3.63) is 0 Å². The summed E-state index contributed by atoms with van der Waals surface area (Å²) in [6.07, 6.45) is 1.87. The Morgan fingerprint density at radius 3 is 1.21 bits per heavy atom. The van der Waals surface area contributed by atoms with Crippen LogP contribution in [0.4, 0.5) is 0 Å². The average Bonchev–Trinajstić information content (AvgIpc) is 2.71. The predicted molar refractivity (Wildman–Crippen MR) is 47.2 cm³/mol. The summed E-state index contributed by atoms with van der Waals surface area (Å²) in [5.74, 6) is 5.04. The van der Waals surface area contributed by atoms with Gasteiger partial charge in [0.1, 0.15) is 11.6 Å². The van der Waals surface area contributed by atoms with E-state index in [1.165, 1.54) is 0 Å². The molecule has 5 aliphatic rings. The molecule has 5 aliphatic carbocycles. The summed E-state index contributed by atoms with van der Waals surface area (Å²) in [4.78, 5) is 24.1. The molecular weight excluding hydrogens is 176 g/mol. The average molecular weight is 188 g/mol. The Labute approximate surface area is 82.0 Å². The Balaban J connectivity index is 1.83. The van der Waals surface area contributed by atoms with E-state index in [1.54, 1.807) is 0 Å². The second kappa shape index (κ2) is 1.62. The van der Waals surface area contributed by atoms with Crippen molar-refractivity contribution in [3.63, 3.8) is 0 Å². The molecule has 0 amide bonds. The van der Waals surface area contributed by atoms with Gasteiger partial charge in [0.2, 0.25) is 0 Å². The smallest absolute Gasteiger partial charge is 0.139 e. The van der Waals surface area contributed by atoms with Crippen molar-refractivity contribution in [2.45, 2.75) is 12.8 Å². The van der Waals surface area contributed by atoms with Crippen molar-refractivity contribution in [3.8, 4) is 0 Å². The van der Waals surface area contributed by atoms with Crippen LogP contribution in [0, 0.1) is 47.3 Å². The molecule has 0 aliphatic heterocycles. The Morgan fingerprint density at radius 1 is 0.643 bits per heavy atom. The van der Waals surface area contributed by atoms with Crippen LogP contribution < -0.4 is 0 Å². The SMILES string of the molecule is O=C1C2CC3C(=O)C4CC1C1C2C3C41. The summed E-state index contributed by atoms with van der Waals surface area (Å²) in [6.45, 7) is 0. The molecule has 5 saturated carbocycles. The lowest BCUT2D eigenvalue weighted by Crippen LogP contribution is -2.41. The molecule has 0 radical (unpaired) electrons. The number of carbonyl (C=O) groups is 2. The number of Topliss-reactive ketones (excluding diaryl/α,β-unsaturated/α-hetero) is 2. The fraction of sp³-hybridized carbons (Fsp3) is 0.833. The first-order valence-corrected chi connectivity index (χ1v) is 5.86. The first-order valence-electron chi connectivity index (χ1n) is 5.86. The van der Waals surface area contributed by atoms with Gasteiger partial charge in [-0.25, -0.2) is 0 Å². The standard InChI is InChI=1S/C12H12O2/c13-11-3-1-4-8-7(3)9-5(11)2-6(10(8)9)12(4)14/h3-10H,1-2H2. The van der Waals surface area contributed by atoms with E-state index in [-0.39, 0.29) is 0 Å². The lowest BCUT2D eigenvalue weighted by Gasteiger charge is -2.43. The molecule has 0 N–H and O–H groups in total. The van der Waals surface area contributed by atoms with Gasteiger partial charge >= 0.3 is 0 Å². The number of hydrogen-bond acceptors (Lipinski definition) is 2. The van der Waals surface area contributed by atoms with Crippen LogP contribution >= 0.6 is 0 Å². The maximum Gasteiger partial charge on any atom is 0.139 e. The lowest BCUT2D eigenvalue weighted by atomic mass is 9.60. The molecule has 72 valence electrons. The van der Waals surface area contributed by atoms with E-state index in [2.05, 4.69) is 0 Å². The van der Waals surface area contributed by atoms with Crippen LogP contribution in [0.1, 0.15) is 12.8 Å². The van der Waals surface area contributed by atoms with Gasteiger partial charge in [0.15, 0.2) is 0 Å². The zero-order valence-corrected chi connectivity index (χ0v) is 7.85. The number of ketones is 2. The fourth-order valence-corrected chi connectivity index (χ4v) is 5.98. The molecule has 5 rings (SSSR count). The molecular formula is C12H12O2. The highest BCUT2D eigenvalue weighted by Crippen LogP contribution is 2.77. The zero-order chi connectivity index (χ0) is 9.19. The van der Waals surface area contributed by atoms with Crippen molar-refractivity contribution in [2.24, 2.45) is 47.3 Å². The maximum absolute atomic E-state index is 12.0. The molecule has 4 atom stereocenters. The molecule has 2 heteroatoms. The summed E-state index contributed by atoms with van der Waals surface area (Å²) in [6, 6.07) is 0. The summed E-state index contributed by atoms with van der Waals surface area (Å²) in [5.41, 5.74) is 0. The monoisotopic (exact) mass is 188 g/mol. The van der Waals surface area contributed by atoms with Crippen LogP contribution in [0.25, 0.3) is 0 Å². The van der Waals surface area contributed by atoms with Gasteiger partial charge in [-0.05, 0) is 36.5 Å². The van der Waals surface area contributed by atoms with Crippen molar-refractivity contribution >= 4 is 11.6 Å². The van der Waals surface area contributed by atoms with Crippen molar-refractivity contribution in [1.82, 2.24) is 0 Å². The highest BCUT2D eigenvalue weighted by molar-refractivity contribution is 5.97. The molecule has 4 unspecified atom stereocenters. The third kappa shape index (κ3) is 0.396. The molecule has 0 bridgehead atoms. The van der Waals surface area contributed by atoms with Gasteiger partial charge in [-0.1, -0.05) is 0 Å².